The van der Waals surface area contributed by atoms with Gasteiger partial charge in [-0.2, -0.15) is 5.10 Å². The van der Waals surface area contributed by atoms with Crippen LogP contribution in [0.5, 0.6) is 5.75 Å². The minimum absolute atomic E-state index is 0.00490. The Bertz CT molecular complexity index is 819. The van der Waals surface area contributed by atoms with Crippen LogP contribution in [-0.2, 0) is 11.3 Å². The van der Waals surface area contributed by atoms with Gasteiger partial charge >= 0.3 is 0 Å². The number of rotatable bonds is 7. The normalized spacial score (nSPS) is 14.4. The Balaban J connectivity index is 2.02. The van der Waals surface area contributed by atoms with Crippen molar-refractivity contribution >= 4 is 6.29 Å². The third kappa shape index (κ3) is 3.90. The van der Waals surface area contributed by atoms with Crippen LogP contribution in [0.2, 0.25) is 0 Å². The maximum atomic E-state index is 12.5. The van der Waals surface area contributed by atoms with Crippen LogP contribution in [0.25, 0.3) is 11.3 Å². The van der Waals surface area contributed by atoms with Gasteiger partial charge in [0.05, 0.1) is 18.8 Å². The van der Waals surface area contributed by atoms with E-state index in [1.54, 1.807) is 18.2 Å². The third-order valence-corrected chi connectivity index (χ3v) is 3.78. The highest BCUT2D eigenvalue weighted by atomic mass is 19.3. The summed E-state index contributed by atoms with van der Waals surface area (Å²) in [6, 6.07) is 6.29. The van der Waals surface area contributed by atoms with Crippen LogP contribution >= 0.6 is 0 Å². The molecule has 0 bridgehead atoms. The summed E-state index contributed by atoms with van der Waals surface area (Å²) in [6.07, 6.45) is -0.790. The number of hydrogen-bond acceptors (Lipinski definition) is 5. The molecule has 0 unspecified atom stereocenters. The number of benzene rings is 1. The number of carbonyl (C=O) groups is 1. The minimum Gasteiger partial charge on any atom is -0.487 e. The second kappa shape index (κ2) is 7.52. The van der Waals surface area contributed by atoms with Gasteiger partial charge in [-0.1, -0.05) is 12.1 Å². The predicted molar refractivity (Wildman–Crippen MR) is 85.1 cm³/mol. The zero-order valence-electron chi connectivity index (χ0n) is 13.2. The molecular weight excluding hydrogens is 334 g/mol. The monoisotopic (exact) mass is 350 g/mol. The van der Waals surface area contributed by atoms with Crippen LogP contribution in [0.4, 0.5) is 8.78 Å². The van der Waals surface area contributed by atoms with Gasteiger partial charge < -0.3 is 9.47 Å². The van der Waals surface area contributed by atoms with E-state index >= 15 is 0 Å². The lowest BCUT2D eigenvalue weighted by atomic mass is 10.1. The molecule has 132 valence electrons. The molecule has 0 radical (unpaired) electrons. The number of ether oxygens (including phenoxy) is 2. The van der Waals surface area contributed by atoms with Crippen molar-refractivity contribution in [1.82, 2.24) is 9.78 Å². The second-order valence-electron chi connectivity index (χ2n) is 5.70. The van der Waals surface area contributed by atoms with E-state index in [4.69, 9.17) is 9.47 Å². The number of nitrogens with zero attached hydrogens (tertiary/aromatic N) is 2. The van der Waals surface area contributed by atoms with Gasteiger partial charge in [-0.25, -0.2) is 8.78 Å². The number of para-hydroxylation sites is 1. The van der Waals surface area contributed by atoms with Gasteiger partial charge in [0.1, 0.15) is 18.1 Å². The highest BCUT2D eigenvalue weighted by Gasteiger charge is 2.21. The van der Waals surface area contributed by atoms with Gasteiger partial charge in [0.15, 0.2) is 6.29 Å². The van der Waals surface area contributed by atoms with Crippen molar-refractivity contribution in [3.63, 3.8) is 0 Å². The van der Waals surface area contributed by atoms with E-state index in [1.807, 2.05) is 0 Å². The molecule has 1 saturated heterocycles. The Morgan fingerprint density at radius 2 is 2.12 bits per heavy atom. The summed E-state index contributed by atoms with van der Waals surface area (Å²) in [6.45, 7) is 0.882. The Labute approximate surface area is 142 Å². The quantitative estimate of drug-likeness (QED) is 0.715. The van der Waals surface area contributed by atoms with Crippen molar-refractivity contribution in [1.29, 1.82) is 0 Å². The zero-order valence-corrected chi connectivity index (χ0v) is 13.2. The fraction of sp³-hybridized carbons (Fsp3) is 0.353. The summed E-state index contributed by atoms with van der Waals surface area (Å²) in [4.78, 5) is 23.7. The molecular formula is C17H16F2N2O4. The maximum absolute atomic E-state index is 12.5. The lowest BCUT2D eigenvalue weighted by Crippen LogP contribution is -2.33. The summed E-state index contributed by atoms with van der Waals surface area (Å²) < 4.78 is 36.6. The van der Waals surface area contributed by atoms with E-state index in [2.05, 4.69) is 5.10 Å². The van der Waals surface area contributed by atoms with Crippen LogP contribution in [0.1, 0.15) is 10.4 Å². The zero-order chi connectivity index (χ0) is 17.8. The Morgan fingerprint density at radius 1 is 1.36 bits per heavy atom. The molecule has 0 aliphatic carbocycles. The number of halogens is 2. The van der Waals surface area contributed by atoms with E-state index in [1.165, 1.54) is 16.9 Å². The highest BCUT2D eigenvalue weighted by Crippen LogP contribution is 2.27. The summed E-state index contributed by atoms with van der Waals surface area (Å²) in [5.41, 5.74) is -0.344. The first kappa shape index (κ1) is 17.2. The largest absolute Gasteiger partial charge is 0.487 e. The van der Waals surface area contributed by atoms with Crippen LogP contribution in [0, 0.1) is 5.92 Å². The molecule has 2 heterocycles. The molecule has 0 atom stereocenters. The van der Waals surface area contributed by atoms with Crippen molar-refractivity contribution < 1.29 is 23.0 Å². The van der Waals surface area contributed by atoms with Crippen molar-refractivity contribution in [3.05, 3.63) is 46.2 Å². The lowest BCUT2D eigenvalue weighted by molar-refractivity contribution is -0.0410. The summed E-state index contributed by atoms with van der Waals surface area (Å²) in [5, 5.41) is 4.28. The van der Waals surface area contributed by atoms with E-state index in [0.29, 0.717) is 26.0 Å². The van der Waals surface area contributed by atoms with Gasteiger partial charge in [-0.3, -0.25) is 14.3 Å². The van der Waals surface area contributed by atoms with Crippen molar-refractivity contribution in [3.8, 4) is 17.0 Å². The Morgan fingerprint density at radius 3 is 2.76 bits per heavy atom. The number of aldehydes is 1. The minimum atomic E-state index is -2.64. The molecule has 8 heteroatoms. The molecule has 0 saturated carbocycles. The van der Waals surface area contributed by atoms with Gasteiger partial charge in [-0.15, -0.1) is 0 Å². The molecule has 1 aliphatic rings. The molecule has 1 aromatic carbocycles. The number of aromatic nitrogens is 2. The first-order valence-electron chi connectivity index (χ1n) is 7.73. The molecule has 1 fully saturated rings. The fourth-order valence-electron chi connectivity index (χ4n) is 2.51. The first-order chi connectivity index (χ1) is 12.1. The molecule has 25 heavy (non-hydrogen) atoms. The fourth-order valence-corrected chi connectivity index (χ4v) is 2.51. The van der Waals surface area contributed by atoms with Gasteiger partial charge in [0, 0.05) is 24.2 Å². The second-order valence-corrected chi connectivity index (χ2v) is 5.70. The molecule has 1 aromatic heterocycles. The Hall–Kier alpha value is -2.61. The average molecular weight is 350 g/mol. The molecule has 2 aromatic rings. The van der Waals surface area contributed by atoms with Crippen LogP contribution in [0.15, 0.2) is 35.3 Å². The molecule has 6 nitrogen and oxygen atoms in total. The lowest BCUT2D eigenvalue weighted by Gasteiger charge is -2.26. The standard InChI is InChI=1S/C17H16F2N2O4/c18-15(19)10-25-14-4-2-1-3-13(14)16-17(23)12(7-22)6-21(20-16)5-11-8-24-9-11/h1-4,6-7,11,15H,5,8-10H2. The Kier molecular flexibility index (Phi) is 5.18. The average Bonchev–Trinajstić information content (AvgIpc) is 2.57. The third-order valence-electron chi connectivity index (χ3n) is 3.78. The number of hydrogen-bond donors (Lipinski definition) is 0. The molecule has 0 amide bonds. The highest BCUT2D eigenvalue weighted by molar-refractivity contribution is 5.78. The maximum Gasteiger partial charge on any atom is 0.272 e. The van der Waals surface area contributed by atoms with Crippen LogP contribution in [-0.4, -0.2) is 42.3 Å². The predicted octanol–water partition coefficient (Wildman–Crippen LogP) is 2.01. The van der Waals surface area contributed by atoms with Gasteiger partial charge in [-0.05, 0) is 12.1 Å². The first-order valence-corrected chi connectivity index (χ1v) is 7.73. The van der Waals surface area contributed by atoms with E-state index < -0.39 is 18.5 Å². The van der Waals surface area contributed by atoms with Crippen molar-refractivity contribution in [2.24, 2.45) is 5.92 Å². The van der Waals surface area contributed by atoms with E-state index in [9.17, 15) is 18.4 Å². The van der Waals surface area contributed by atoms with Crippen molar-refractivity contribution in [2.75, 3.05) is 19.8 Å². The molecule has 3 rings (SSSR count). The number of carbonyl (C=O) groups excluding carboxylic acids is 1. The van der Waals surface area contributed by atoms with Crippen LogP contribution in [0.3, 0.4) is 0 Å². The van der Waals surface area contributed by atoms with Crippen LogP contribution < -0.4 is 10.2 Å². The van der Waals surface area contributed by atoms with Gasteiger partial charge in [0.2, 0.25) is 5.43 Å². The van der Waals surface area contributed by atoms with E-state index in [0.717, 1.165) is 0 Å². The smallest absolute Gasteiger partial charge is 0.272 e. The molecule has 0 spiro atoms. The summed E-state index contributed by atoms with van der Waals surface area (Å²) >= 11 is 0. The van der Waals surface area contributed by atoms with Crippen molar-refractivity contribution in [2.45, 2.75) is 13.0 Å². The SMILES string of the molecule is O=Cc1cn(CC2COC2)nc(-c2ccccc2OCC(F)F)c1=O. The topological polar surface area (TPSA) is 70.4 Å². The molecule has 1 aliphatic heterocycles. The summed E-state index contributed by atoms with van der Waals surface area (Å²) in [7, 11) is 0. The molecule has 0 N–H and O–H groups in total. The van der Waals surface area contributed by atoms with Gasteiger partial charge in [0.25, 0.3) is 6.43 Å². The summed E-state index contributed by atoms with van der Waals surface area (Å²) in [5.74, 6) is 0.377. The number of alkyl halides is 2. The van der Waals surface area contributed by atoms with E-state index in [-0.39, 0.29) is 28.5 Å².